The minimum Gasteiger partial charge on any atom is -0.298 e. The van der Waals surface area contributed by atoms with Gasteiger partial charge in [0.2, 0.25) is 0 Å². The summed E-state index contributed by atoms with van der Waals surface area (Å²) in [5, 5.41) is 0. The summed E-state index contributed by atoms with van der Waals surface area (Å²) in [4.78, 5) is 14.9. The maximum absolute atomic E-state index is 13.4. The van der Waals surface area contributed by atoms with Gasteiger partial charge < -0.3 is 0 Å². The molecule has 2 aromatic carbocycles. The molecule has 0 spiro atoms. The Bertz CT molecular complexity index is 864. The first-order chi connectivity index (χ1) is 12.3. The second-order valence-electron chi connectivity index (χ2n) is 6.19. The molecule has 1 aliphatic heterocycles. The van der Waals surface area contributed by atoms with Gasteiger partial charge in [-0.2, -0.15) is 0 Å². The Morgan fingerprint density at radius 3 is 1.69 bits per heavy atom. The van der Waals surface area contributed by atoms with Crippen molar-refractivity contribution in [2.24, 2.45) is 0 Å². The highest BCUT2D eigenvalue weighted by molar-refractivity contribution is 9.10. The van der Waals surface area contributed by atoms with Crippen LogP contribution in [0, 0.1) is 11.6 Å². The van der Waals surface area contributed by atoms with Crippen molar-refractivity contribution in [1.29, 1.82) is 0 Å². The summed E-state index contributed by atoms with van der Waals surface area (Å²) in [6, 6.07) is 9.28. The molecule has 2 aromatic rings. The molecular formula is C20H15Br2F2NO. The molecule has 1 heterocycles. The van der Waals surface area contributed by atoms with Crippen molar-refractivity contribution in [3.05, 3.63) is 79.3 Å². The normalized spacial score (nSPS) is 18.7. The number of likely N-dealkylation sites (N-methyl/N-ethyl adjacent to an activating group) is 1. The van der Waals surface area contributed by atoms with Gasteiger partial charge in [0.15, 0.2) is 5.78 Å². The predicted octanol–water partition coefficient (Wildman–Crippen LogP) is 5.47. The molecule has 0 amide bonds. The maximum Gasteiger partial charge on any atom is 0.187 e. The zero-order chi connectivity index (χ0) is 18.8. The minimum atomic E-state index is -0.346. The van der Waals surface area contributed by atoms with E-state index in [1.165, 1.54) is 12.1 Å². The molecule has 0 aliphatic carbocycles. The number of nitrogens with zero attached hydrogens (tertiary/aromatic N) is 1. The van der Waals surface area contributed by atoms with Crippen LogP contribution in [-0.2, 0) is 4.79 Å². The Hall–Kier alpha value is -1.63. The molecule has 0 radical (unpaired) electrons. The van der Waals surface area contributed by atoms with E-state index in [4.69, 9.17) is 0 Å². The molecule has 6 heteroatoms. The number of Topliss-reactive ketones (excluding diaryl/α,β-unsaturated/α-hetero) is 1. The van der Waals surface area contributed by atoms with Crippen LogP contribution in [0.4, 0.5) is 8.78 Å². The van der Waals surface area contributed by atoms with Gasteiger partial charge in [-0.3, -0.25) is 9.69 Å². The zero-order valence-electron chi connectivity index (χ0n) is 13.9. The molecular weight excluding hydrogens is 468 g/mol. The van der Waals surface area contributed by atoms with E-state index in [0.717, 1.165) is 11.1 Å². The molecule has 0 saturated carbocycles. The van der Waals surface area contributed by atoms with Crippen LogP contribution in [0.1, 0.15) is 11.1 Å². The SMILES string of the molecule is CN1C/C(=C\c2ccc(F)c(Br)c2)C(=O)/C(=C/c2ccc(F)c(Br)c2)C1. The summed E-state index contributed by atoms with van der Waals surface area (Å²) >= 11 is 6.32. The fraction of sp³-hybridized carbons (Fsp3) is 0.150. The first-order valence-electron chi connectivity index (χ1n) is 7.88. The van der Waals surface area contributed by atoms with Crippen molar-refractivity contribution < 1.29 is 13.6 Å². The second kappa shape index (κ2) is 7.94. The lowest BCUT2D eigenvalue weighted by atomic mass is 9.94. The van der Waals surface area contributed by atoms with Gasteiger partial charge in [0.05, 0.1) is 8.95 Å². The van der Waals surface area contributed by atoms with Crippen LogP contribution in [0.2, 0.25) is 0 Å². The average Bonchev–Trinajstić information content (AvgIpc) is 2.58. The van der Waals surface area contributed by atoms with Crippen molar-refractivity contribution in [2.75, 3.05) is 20.1 Å². The number of carbonyl (C=O) groups excluding carboxylic acids is 1. The summed E-state index contributed by atoms with van der Waals surface area (Å²) < 4.78 is 27.5. The Balaban J connectivity index is 1.94. The first-order valence-corrected chi connectivity index (χ1v) is 9.46. The van der Waals surface area contributed by atoms with Crippen molar-refractivity contribution in [3.63, 3.8) is 0 Å². The number of carbonyl (C=O) groups is 1. The zero-order valence-corrected chi connectivity index (χ0v) is 17.1. The molecule has 0 N–H and O–H groups in total. The monoisotopic (exact) mass is 481 g/mol. The fourth-order valence-electron chi connectivity index (χ4n) is 2.82. The van der Waals surface area contributed by atoms with Crippen molar-refractivity contribution in [3.8, 4) is 0 Å². The third-order valence-electron chi connectivity index (χ3n) is 4.03. The predicted molar refractivity (Wildman–Crippen MR) is 107 cm³/mol. The molecule has 134 valence electrons. The van der Waals surface area contributed by atoms with Gasteiger partial charge in [0, 0.05) is 24.2 Å². The Morgan fingerprint density at radius 2 is 1.31 bits per heavy atom. The number of ketones is 1. The molecule has 1 fully saturated rings. The van der Waals surface area contributed by atoms with Gasteiger partial charge in [-0.25, -0.2) is 8.78 Å². The molecule has 3 rings (SSSR count). The number of hydrogen-bond acceptors (Lipinski definition) is 2. The Morgan fingerprint density at radius 1 is 0.885 bits per heavy atom. The van der Waals surface area contributed by atoms with E-state index in [2.05, 4.69) is 31.9 Å². The van der Waals surface area contributed by atoms with Crippen LogP contribution in [0.5, 0.6) is 0 Å². The van der Waals surface area contributed by atoms with Gasteiger partial charge >= 0.3 is 0 Å². The highest BCUT2D eigenvalue weighted by Gasteiger charge is 2.24. The highest BCUT2D eigenvalue weighted by atomic mass is 79.9. The lowest BCUT2D eigenvalue weighted by Crippen LogP contribution is -2.34. The van der Waals surface area contributed by atoms with Gasteiger partial charge in [-0.1, -0.05) is 12.1 Å². The molecule has 0 atom stereocenters. The lowest BCUT2D eigenvalue weighted by Gasteiger charge is -2.26. The molecule has 26 heavy (non-hydrogen) atoms. The van der Waals surface area contributed by atoms with Crippen LogP contribution in [0.25, 0.3) is 12.2 Å². The van der Waals surface area contributed by atoms with E-state index < -0.39 is 0 Å². The topological polar surface area (TPSA) is 20.3 Å². The van der Waals surface area contributed by atoms with E-state index in [-0.39, 0.29) is 17.4 Å². The van der Waals surface area contributed by atoms with Gasteiger partial charge in [0.25, 0.3) is 0 Å². The number of halogens is 4. The highest BCUT2D eigenvalue weighted by Crippen LogP contribution is 2.24. The summed E-state index contributed by atoms with van der Waals surface area (Å²) in [6.07, 6.45) is 3.55. The van der Waals surface area contributed by atoms with Crippen LogP contribution in [0.15, 0.2) is 56.5 Å². The van der Waals surface area contributed by atoms with Crippen LogP contribution in [-0.4, -0.2) is 30.8 Å². The van der Waals surface area contributed by atoms with Crippen molar-refractivity contribution in [2.45, 2.75) is 0 Å². The molecule has 0 unspecified atom stereocenters. The molecule has 0 bridgehead atoms. The number of benzene rings is 2. The Labute approximate surface area is 167 Å². The number of likely N-dealkylation sites (tertiary alicyclic amines) is 1. The Kier molecular flexibility index (Phi) is 5.85. The van der Waals surface area contributed by atoms with Gasteiger partial charge in [-0.15, -0.1) is 0 Å². The third-order valence-corrected chi connectivity index (χ3v) is 5.25. The minimum absolute atomic E-state index is 0.0519. The summed E-state index contributed by atoms with van der Waals surface area (Å²) in [7, 11) is 1.93. The molecule has 0 aromatic heterocycles. The summed E-state index contributed by atoms with van der Waals surface area (Å²) in [5.41, 5.74) is 2.76. The lowest BCUT2D eigenvalue weighted by molar-refractivity contribution is -0.113. The average molecular weight is 483 g/mol. The summed E-state index contributed by atoms with van der Waals surface area (Å²) in [5.74, 6) is -0.743. The summed E-state index contributed by atoms with van der Waals surface area (Å²) in [6.45, 7) is 1.02. The molecule has 2 nitrogen and oxygen atoms in total. The second-order valence-corrected chi connectivity index (χ2v) is 7.90. The fourth-order valence-corrected chi connectivity index (χ4v) is 3.61. The first kappa shape index (κ1) is 19.1. The number of hydrogen-bond donors (Lipinski definition) is 0. The molecule has 1 aliphatic rings. The smallest absolute Gasteiger partial charge is 0.187 e. The van der Waals surface area contributed by atoms with Crippen LogP contribution in [0.3, 0.4) is 0 Å². The van der Waals surface area contributed by atoms with E-state index in [9.17, 15) is 13.6 Å². The largest absolute Gasteiger partial charge is 0.298 e. The van der Waals surface area contributed by atoms with Crippen LogP contribution >= 0.6 is 31.9 Å². The van der Waals surface area contributed by atoms with E-state index in [1.807, 2.05) is 11.9 Å². The van der Waals surface area contributed by atoms with Gasteiger partial charge in [0.1, 0.15) is 11.6 Å². The van der Waals surface area contributed by atoms with E-state index in [0.29, 0.717) is 33.2 Å². The van der Waals surface area contributed by atoms with Crippen molar-refractivity contribution >= 4 is 49.8 Å². The quantitative estimate of drug-likeness (QED) is 0.529. The standard InChI is InChI=1S/C20H15Br2F2NO/c1-25-10-14(6-12-2-4-18(23)16(21)8-12)20(26)15(11-25)7-13-3-5-19(24)17(22)9-13/h2-9H,10-11H2,1H3/b14-6+,15-7+. The van der Waals surface area contributed by atoms with E-state index in [1.54, 1.807) is 36.4 Å². The number of rotatable bonds is 2. The van der Waals surface area contributed by atoms with Crippen molar-refractivity contribution in [1.82, 2.24) is 4.90 Å². The van der Waals surface area contributed by atoms with Gasteiger partial charge in [-0.05, 0) is 86.5 Å². The molecule has 1 saturated heterocycles. The van der Waals surface area contributed by atoms with E-state index >= 15 is 0 Å². The maximum atomic E-state index is 13.4. The third kappa shape index (κ3) is 4.37. The van der Waals surface area contributed by atoms with Crippen LogP contribution < -0.4 is 0 Å². The number of piperidine rings is 1.